The number of hydrogen-bond acceptors (Lipinski definition) is 1. The van der Waals surface area contributed by atoms with Gasteiger partial charge in [-0.2, -0.15) is 0 Å². The van der Waals surface area contributed by atoms with Crippen LogP contribution in [0.1, 0.15) is 77.0 Å². The summed E-state index contributed by atoms with van der Waals surface area (Å²) in [7, 11) is 0. The smallest absolute Gasteiger partial charge is 0.119 e. The van der Waals surface area contributed by atoms with Gasteiger partial charge in [0.15, 0.2) is 0 Å². The van der Waals surface area contributed by atoms with Crippen LogP contribution >= 0.6 is 0 Å². The van der Waals surface area contributed by atoms with Crippen LogP contribution < -0.4 is 0 Å². The maximum Gasteiger partial charge on any atom is 0.119 e. The number of unbranched alkanes of at least 4 members (excludes halogenated alkanes) is 11. The van der Waals surface area contributed by atoms with Crippen molar-refractivity contribution in [2.75, 3.05) is 6.67 Å². The van der Waals surface area contributed by atoms with Gasteiger partial charge < -0.3 is 4.79 Å². The molecule has 0 aromatic carbocycles. The van der Waals surface area contributed by atoms with Gasteiger partial charge in [0.25, 0.3) is 0 Å². The van der Waals surface area contributed by atoms with Crippen LogP contribution in [0.5, 0.6) is 0 Å². The lowest BCUT2D eigenvalue weighted by atomic mass is 10.1. The first-order chi connectivity index (χ1) is 7.91. The van der Waals surface area contributed by atoms with Gasteiger partial charge in [-0.15, -0.1) is 0 Å². The summed E-state index contributed by atoms with van der Waals surface area (Å²) in [6, 6.07) is 0. The van der Waals surface area contributed by atoms with Crippen LogP contribution in [-0.4, -0.2) is 13.0 Å². The van der Waals surface area contributed by atoms with Crippen molar-refractivity contribution in [2.45, 2.75) is 77.0 Å². The summed E-state index contributed by atoms with van der Waals surface area (Å²) in [5.41, 5.74) is 0. The van der Waals surface area contributed by atoms with Crippen LogP contribution in [0, 0.1) is 0 Å². The lowest BCUT2D eigenvalue weighted by Crippen LogP contribution is -1.83. The Labute approximate surface area is 99.8 Å². The van der Waals surface area contributed by atoms with Crippen molar-refractivity contribution in [2.24, 2.45) is 0 Å². The molecule has 0 aromatic heterocycles. The van der Waals surface area contributed by atoms with Gasteiger partial charge >= 0.3 is 0 Å². The Kier molecular flexibility index (Phi) is 14.2. The SMILES string of the molecule is O=CCCCCCCCCCCCCCF. The molecule has 0 aliphatic carbocycles. The van der Waals surface area contributed by atoms with Crippen molar-refractivity contribution in [3.05, 3.63) is 0 Å². The highest BCUT2D eigenvalue weighted by Crippen LogP contribution is 2.11. The quantitative estimate of drug-likeness (QED) is 0.327. The van der Waals surface area contributed by atoms with Crippen molar-refractivity contribution >= 4 is 6.29 Å². The molecule has 96 valence electrons. The number of carbonyl (C=O) groups is 1. The lowest BCUT2D eigenvalue weighted by Gasteiger charge is -2.01. The van der Waals surface area contributed by atoms with Crippen molar-refractivity contribution < 1.29 is 9.18 Å². The van der Waals surface area contributed by atoms with Crippen LogP contribution in [0.2, 0.25) is 0 Å². The van der Waals surface area contributed by atoms with Crippen molar-refractivity contribution in [3.8, 4) is 0 Å². The molecule has 0 aromatic rings. The Morgan fingerprint density at radius 3 is 1.38 bits per heavy atom. The highest BCUT2D eigenvalue weighted by Gasteiger charge is 1.93. The molecule has 1 nitrogen and oxygen atoms in total. The third kappa shape index (κ3) is 13.6. The van der Waals surface area contributed by atoms with E-state index in [1.165, 1.54) is 51.4 Å². The van der Waals surface area contributed by atoms with Crippen LogP contribution in [0.15, 0.2) is 0 Å². The summed E-state index contributed by atoms with van der Waals surface area (Å²) in [4.78, 5) is 10.1. The van der Waals surface area contributed by atoms with E-state index in [-0.39, 0.29) is 6.67 Å². The highest BCUT2D eigenvalue weighted by atomic mass is 19.1. The summed E-state index contributed by atoms with van der Waals surface area (Å²) in [6.45, 7) is -0.152. The zero-order valence-electron chi connectivity index (χ0n) is 10.6. The van der Waals surface area contributed by atoms with Crippen LogP contribution in [-0.2, 0) is 4.79 Å². The molecule has 0 spiro atoms. The summed E-state index contributed by atoms with van der Waals surface area (Å²) >= 11 is 0. The minimum absolute atomic E-state index is 0.152. The fraction of sp³-hybridized carbons (Fsp3) is 0.929. The van der Waals surface area contributed by atoms with Gasteiger partial charge in [0, 0.05) is 6.42 Å². The summed E-state index contributed by atoms with van der Waals surface area (Å²) in [5, 5.41) is 0. The number of hydrogen-bond donors (Lipinski definition) is 0. The van der Waals surface area contributed by atoms with Crippen LogP contribution in [0.25, 0.3) is 0 Å². The average Bonchev–Trinajstić information content (AvgIpc) is 2.31. The van der Waals surface area contributed by atoms with Gasteiger partial charge in [-0.25, -0.2) is 0 Å². The van der Waals surface area contributed by atoms with Crippen LogP contribution in [0.3, 0.4) is 0 Å². The van der Waals surface area contributed by atoms with Crippen molar-refractivity contribution in [1.29, 1.82) is 0 Å². The van der Waals surface area contributed by atoms with Gasteiger partial charge in [-0.1, -0.05) is 57.8 Å². The largest absolute Gasteiger partial charge is 0.303 e. The molecular formula is C14H27FO. The van der Waals surface area contributed by atoms with Crippen molar-refractivity contribution in [1.82, 2.24) is 0 Å². The van der Waals surface area contributed by atoms with E-state index in [0.717, 1.165) is 32.0 Å². The fourth-order valence-corrected chi connectivity index (χ4v) is 1.91. The van der Waals surface area contributed by atoms with E-state index < -0.39 is 0 Å². The lowest BCUT2D eigenvalue weighted by molar-refractivity contribution is -0.107. The number of carbonyl (C=O) groups excluding carboxylic acids is 1. The Morgan fingerprint density at radius 2 is 1.00 bits per heavy atom. The van der Waals surface area contributed by atoms with E-state index in [1.807, 2.05) is 0 Å². The van der Waals surface area contributed by atoms with Gasteiger partial charge in [0.2, 0.25) is 0 Å². The Hall–Kier alpha value is -0.400. The second-order valence-corrected chi connectivity index (χ2v) is 4.53. The molecule has 0 heterocycles. The molecule has 0 bridgehead atoms. The topological polar surface area (TPSA) is 17.1 Å². The molecule has 0 saturated carbocycles. The minimum Gasteiger partial charge on any atom is -0.303 e. The molecule has 0 rings (SSSR count). The number of halogens is 1. The summed E-state index contributed by atoms with van der Waals surface area (Å²) in [6.07, 6.45) is 14.8. The van der Waals surface area contributed by atoms with Crippen molar-refractivity contribution in [3.63, 3.8) is 0 Å². The molecule has 0 radical (unpaired) electrons. The third-order valence-electron chi connectivity index (χ3n) is 2.96. The average molecular weight is 230 g/mol. The fourth-order valence-electron chi connectivity index (χ4n) is 1.91. The normalized spacial score (nSPS) is 10.6. The Balaban J connectivity index is 2.85. The standard InChI is InChI=1S/C14H27FO/c15-13-11-9-7-5-3-1-2-4-6-8-10-12-14-16/h14H,1-13H2. The first kappa shape index (κ1) is 15.6. The second kappa shape index (κ2) is 14.6. The molecule has 0 amide bonds. The third-order valence-corrected chi connectivity index (χ3v) is 2.96. The van der Waals surface area contributed by atoms with Crippen LogP contribution in [0.4, 0.5) is 4.39 Å². The Bertz CT molecular complexity index is 137. The molecule has 2 heteroatoms. The van der Waals surface area contributed by atoms with E-state index in [2.05, 4.69) is 0 Å². The van der Waals surface area contributed by atoms with E-state index in [1.54, 1.807) is 0 Å². The molecule has 0 N–H and O–H groups in total. The molecular weight excluding hydrogens is 203 g/mol. The maximum absolute atomic E-state index is 11.8. The predicted molar refractivity (Wildman–Crippen MR) is 67.4 cm³/mol. The molecule has 0 aliphatic heterocycles. The maximum atomic E-state index is 11.8. The number of alkyl halides is 1. The molecule has 0 aliphatic rings. The number of aldehydes is 1. The first-order valence-electron chi connectivity index (χ1n) is 6.91. The number of rotatable bonds is 13. The zero-order valence-corrected chi connectivity index (χ0v) is 10.6. The van der Waals surface area contributed by atoms with E-state index in [0.29, 0.717) is 0 Å². The van der Waals surface area contributed by atoms with Gasteiger partial charge in [-0.3, -0.25) is 4.39 Å². The molecule has 0 unspecified atom stereocenters. The molecule has 0 fully saturated rings. The zero-order chi connectivity index (χ0) is 11.9. The van der Waals surface area contributed by atoms with E-state index >= 15 is 0 Å². The predicted octanol–water partition coefficient (Wildman–Crippen LogP) is 4.84. The minimum atomic E-state index is -0.152. The Morgan fingerprint density at radius 1 is 0.625 bits per heavy atom. The van der Waals surface area contributed by atoms with Gasteiger partial charge in [-0.05, 0) is 12.8 Å². The molecule has 16 heavy (non-hydrogen) atoms. The van der Waals surface area contributed by atoms with E-state index in [4.69, 9.17) is 0 Å². The van der Waals surface area contributed by atoms with Gasteiger partial charge in [0.05, 0.1) is 6.67 Å². The molecule has 0 saturated heterocycles. The highest BCUT2D eigenvalue weighted by molar-refractivity contribution is 5.48. The monoisotopic (exact) mass is 230 g/mol. The first-order valence-corrected chi connectivity index (χ1v) is 6.91. The molecule has 0 atom stereocenters. The second-order valence-electron chi connectivity index (χ2n) is 4.53. The van der Waals surface area contributed by atoms with E-state index in [9.17, 15) is 9.18 Å². The summed E-state index contributed by atoms with van der Waals surface area (Å²) in [5.74, 6) is 0. The van der Waals surface area contributed by atoms with Gasteiger partial charge in [0.1, 0.15) is 6.29 Å². The summed E-state index contributed by atoms with van der Waals surface area (Å²) < 4.78 is 11.8.